The van der Waals surface area contributed by atoms with E-state index in [0.717, 1.165) is 6.07 Å². The predicted octanol–water partition coefficient (Wildman–Crippen LogP) is 1.19. The molecule has 0 atom stereocenters. The second-order valence-corrected chi connectivity index (χ2v) is 2.40. The van der Waals surface area contributed by atoms with Crippen molar-refractivity contribution in [3.8, 4) is 11.8 Å². The van der Waals surface area contributed by atoms with Gasteiger partial charge in [0.25, 0.3) is 12.0 Å². The van der Waals surface area contributed by atoms with Gasteiger partial charge in [-0.25, -0.2) is 8.78 Å². The highest BCUT2D eigenvalue weighted by Crippen LogP contribution is 2.25. The molecule has 0 bridgehead atoms. The van der Waals surface area contributed by atoms with Crippen molar-refractivity contribution in [3.05, 3.63) is 27.7 Å². The van der Waals surface area contributed by atoms with Gasteiger partial charge in [-0.1, -0.05) is 0 Å². The SMILES string of the molecule is COc1cc(=O)[nH]c(C(F)F)c1C#N. The highest BCUT2D eigenvalue weighted by atomic mass is 19.3. The molecule has 0 unspecified atom stereocenters. The fraction of sp³-hybridized carbons (Fsp3) is 0.250. The summed E-state index contributed by atoms with van der Waals surface area (Å²) in [5.41, 5.74) is -1.78. The summed E-state index contributed by atoms with van der Waals surface area (Å²) in [7, 11) is 1.20. The first-order chi connectivity index (χ1) is 6.60. The van der Waals surface area contributed by atoms with Gasteiger partial charge in [-0.2, -0.15) is 5.26 Å². The molecule has 0 radical (unpaired) electrons. The normalized spacial score (nSPS) is 9.93. The Labute approximate surface area is 77.7 Å². The maximum Gasteiger partial charge on any atom is 0.279 e. The largest absolute Gasteiger partial charge is 0.495 e. The highest BCUT2D eigenvalue weighted by molar-refractivity contribution is 5.45. The van der Waals surface area contributed by atoms with Crippen LogP contribution in [-0.2, 0) is 0 Å². The van der Waals surface area contributed by atoms with Gasteiger partial charge in [0.2, 0.25) is 0 Å². The molecule has 1 rings (SSSR count). The Kier molecular flexibility index (Phi) is 2.82. The lowest BCUT2D eigenvalue weighted by Gasteiger charge is -2.06. The van der Waals surface area contributed by atoms with Gasteiger partial charge >= 0.3 is 0 Å². The molecule has 1 aromatic heterocycles. The molecule has 4 nitrogen and oxygen atoms in total. The first-order valence-electron chi connectivity index (χ1n) is 3.59. The first kappa shape index (κ1) is 10.2. The number of pyridine rings is 1. The zero-order valence-electron chi connectivity index (χ0n) is 7.17. The van der Waals surface area contributed by atoms with Gasteiger partial charge in [0.15, 0.2) is 0 Å². The standard InChI is InChI=1S/C8H6F2N2O2/c1-14-5-2-6(13)12-7(8(9)10)4(5)3-11/h2,8H,1H3,(H,12,13). The van der Waals surface area contributed by atoms with Crippen LogP contribution in [-0.4, -0.2) is 12.1 Å². The van der Waals surface area contributed by atoms with Gasteiger partial charge < -0.3 is 9.72 Å². The summed E-state index contributed by atoms with van der Waals surface area (Å²) in [5.74, 6) is -0.147. The number of alkyl halides is 2. The molecule has 0 fully saturated rings. The number of nitriles is 1. The van der Waals surface area contributed by atoms with Crippen molar-refractivity contribution < 1.29 is 13.5 Å². The third-order valence-electron chi connectivity index (χ3n) is 1.59. The monoisotopic (exact) mass is 200 g/mol. The summed E-state index contributed by atoms with van der Waals surface area (Å²) >= 11 is 0. The third-order valence-corrected chi connectivity index (χ3v) is 1.59. The van der Waals surface area contributed by atoms with Gasteiger partial charge in [0.05, 0.1) is 7.11 Å². The van der Waals surface area contributed by atoms with E-state index in [1.54, 1.807) is 6.07 Å². The number of methoxy groups -OCH3 is 1. The van der Waals surface area contributed by atoms with Crippen molar-refractivity contribution in [2.24, 2.45) is 0 Å². The Morgan fingerprint density at radius 3 is 2.71 bits per heavy atom. The number of rotatable bonds is 2. The van der Waals surface area contributed by atoms with Gasteiger partial charge in [0, 0.05) is 6.07 Å². The van der Waals surface area contributed by atoms with Crippen LogP contribution >= 0.6 is 0 Å². The molecule has 0 aliphatic carbocycles. The van der Waals surface area contributed by atoms with E-state index in [1.165, 1.54) is 7.11 Å². The van der Waals surface area contributed by atoms with Crippen molar-refractivity contribution in [1.29, 1.82) is 5.26 Å². The summed E-state index contributed by atoms with van der Waals surface area (Å²) in [6, 6.07) is 2.50. The second kappa shape index (κ2) is 3.87. The minimum Gasteiger partial charge on any atom is -0.495 e. The number of aromatic nitrogens is 1. The van der Waals surface area contributed by atoms with Crippen LogP contribution in [0, 0.1) is 11.3 Å². The second-order valence-electron chi connectivity index (χ2n) is 2.40. The van der Waals surface area contributed by atoms with Crippen LogP contribution in [0.2, 0.25) is 0 Å². The lowest BCUT2D eigenvalue weighted by Crippen LogP contribution is -2.11. The summed E-state index contributed by atoms with van der Waals surface area (Å²) < 4.78 is 29.3. The molecular formula is C8H6F2N2O2. The van der Waals surface area contributed by atoms with Gasteiger partial charge in [-0.3, -0.25) is 4.79 Å². The Hall–Kier alpha value is -1.90. The van der Waals surface area contributed by atoms with E-state index in [4.69, 9.17) is 5.26 Å². The average molecular weight is 200 g/mol. The predicted molar refractivity (Wildman–Crippen MR) is 43.3 cm³/mol. The summed E-state index contributed by atoms with van der Waals surface area (Å²) in [6.45, 7) is 0. The van der Waals surface area contributed by atoms with Crippen LogP contribution in [0.4, 0.5) is 8.78 Å². The summed E-state index contributed by atoms with van der Waals surface area (Å²) in [5, 5.41) is 8.58. The number of nitrogens with zero attached hydrogens (tertiary/aromatic N) is 1. The van der Waals surface area contributed by atoms with E-state index in [2.05, 4.69) is 4.74 Å². The number of hydrogen-bond donors (Lipinski definition) is 1. The van der Waals surface area contributed by atoms with Crippen LogP contribution in [0.25, 0.3) is 0 Å². The number of halogens is 2. The smallest absolute Gasteiger partial charge is 0.279 e. The number of nitrogens with one attached hydrogen (secondary N) is 1. The molecule has 1 N–H and O–H groups in total. The fourth-order valence-electron chi connectivity index (χ4n) is 0.995. The minimum atomic E-state index is -2.91. The van der Waals surface area contributed by atoms with Crippen molar-refractivity contribution >= 4 is 0 Å². The molecule has 0 aliphatic heterocycles. The van der Waals surface area contributed by atoms with E-state index in [1.807, 2.05) is 4.98 Å². The molecule has 74 valence electrons. The van der Waals surface area contributed by atoms with Crippen LogP contribution < -0.4 is 10.3 Å². The maximum absolute atomic E-state index is 12.3. The molecule has 6 heteroatoms. The zero-order valence-corrected chi connectivity index (χ0v) is 7.17. The number of H-pyrrole nitrogens is 1. The third kappa shape index (κ3) is 1.71. The fourth-order valence-corrected chi connectivity index (χ4v) is 0.995. The van der Waals surface area contributed by atoms with Crippen molar-refractivity contribution in [3.63, 3.8) is 0 Å². The quantitative estimate of drug-likeness (QED) is 0.779. The summed E-state index contributed by atoms with van der Waals surface area (Å²) in [6.07, 6.45) is -2.91. The molecule has 0 saturated carbocycles. The Morgan fingerprint density at radius 1 is 1.64 bits per heavy atom. The molecule has 1 heterocycles. The number of ether oxygens (including phenoxy) is 1. The Morgan fingerprint density at radius 2 is 2.29 bits per heavy atom. The number of aromatic amines is 1. The zero-order chi connectivity index (χ0) is 10.7. The topological polar surface area (TPSA) is 65.9 Å². The van der Waals surface area contributed by atoms with E-state index in [-0.39, 0.29) is 11.3 Å². The van der Waals surface area contributed by atoms with Crippen molar-refractivity contribution in [2.75, 3.05) is 7.11 Å². The Balaban J connectivity index is 3.49. The molecule has 0 aliphatic rings. The average Bonchev–Trinajstić information content (AvgIpc) is 2.16. The number of hydrogen-bond acceptors (Lipinski definition) is 3. The molecule has 0 saturated heterocycles. The molecule has 0 spiro atoms. The van der Waals surface area contributed by atoms with Gasteiger partial charge in [-0.05, 0) is 0 Å². The van der Waals surface area contributed by atoms with Crippen LogP contribution in [0.1, 0.15) is 17.7 Å². The Bertz CT molecular complexity index is 434. The lowest BCUT2D eigenvalue weighted by molar-refractivity contribution is 0.145. The molecule has 1 aromatic rings. The first-order valence-corrected chi connectivity index (χ1v) is 3.59. The van der Waals surface area contributed by atoms with Gasteiger partial charge in [0.1, 0.15) is 23.1 Å². The van der Waals surface area contributed by atoms with Crippen LogP contribution in [0.5, 0.6) is 5.75 Å². The van der Waals surface area contributed by atoms with Crippen molar-refractivity contribution in [1.82, 2.24) is 4.98 Å². The maximum atomic E-state index is 12.3. The van der Waals surface area contributed by atoms with Gasteiger partial charge in [-0.15, -0.1) is 0 Å². The van der Waals surface area contributed by atoms with Crippen molar-refractivity contribution in [2.45, 2.75) is 6.43 Å². The van der Waals surface area contributed by atoms with E-state index >= 15 is 0 Å². The molecular weight excluding hydrogens is 194 g/mol. The molecule has 14 heavy (non-hydrogen) atoms. The summed E-state index contributed by atoms with van der Waals surface area (Å²) in [4.78, 5) is 12.8. The van der Waals surface area contributed by atoms with E-state index in [9.17, 15) is 13.6 Å². The van der Waals surface area contributed by atoms with E-state index in [0.29, 0.717) is 0 Å². The van der Waals surface area contributed by atoms with Crippen LogP contribution in [0.15, 0.2) is 10.9 Å². The van der Waals surface area contributed by atoms with Crippen LogP contribution in [0.3, 0.4) is 0 Å². The minimum absolute atomic E-state index is 0.147. The molecule has 0 amide bonds. The van der Waals surface area contributed by atoms with E-state index < -0.39 is 17.7 Å². The molecule has 0 aromatic carbocycles. The highest BCUT2D eigenvalue weighted by Gasteiger charge is 2.18. The lowest BCUT2D eigenvalue weighted by atomic mass is 10.2.